The summed E-state index contributed by atoms with van der Waals surface area (Å²) >= 11 is 0. The number of ether oxygens (including phenoxy) is 1. The van der Waals surface area contributed by atoms with Gasteiger partial charge in [-0.05, 0) is 80.1 Å². The average molecular weight is 300 g/mol. The monoisotopic (exact) mass is 300 g/mol. The molecule has 0 radical (unpaired) electrons. The summed E-state index contributed by atoms with van der Waals surface area (Å²) in [6.45, 7) is 2.55. The van der Waals surface area contributed by atoms with E-state index in [2.05, 4.69) is 6.92 Å². The first-order valence-electron chi connectivity index (χ1n) is 9.09. The zero-order valence-corrected chi connectivity index (χ0v) is 13.9. The van der Waals surface area contributed by atoms with Crippen LogP contribution in [0, 0.1) is 29.1 Å². The Morgan fingerprint density at radius 1 is 1.23 bits per heavy atom. The highest BCUT2D eigenvalue weighted by Gasteiger charge is 2.52. The normalized spacial score (nSPS) is 45.8. The van der Waals surface area contributed by atoms with Crippen molar-refractivity contribution >= 4 is 5.78 Å². The Morgan fingerprint density at radius 2 is 2.09 bits per heavy atom. The molecule has 0 aliphatic heterocycles. The lowest BCUT2D eigenvalue weighted by Crippen LogP contribution is -2.44. The van der Waals surface area contributed by atoms with Gasteiger partial charge >= 0.3 is 0 Å². The van der Waals surface area contributed by atoms with Crippen molar-refractivity contribution in [3.63, 3.8) is 0 Å². The van der Waals surface area contributed by atoms with Gasteiger partial charge in [-0.2, -0.15) is 0 Å². The van der Waals surface area contributed by atoms with Gasteiger partial charge in [-0.3, -0.25) is 4.79 Å². The zero-order chi connectivity index (χ0) is 15.3. The standard InChI is InChI=1S/C20H28O2/c1-20-8-3-4-18(20)16-6-5-13-11-19(21)14(12-22-2)10-17(13)15(16)7-9-20/h11-12,15-18H,3-10H2,1-2H3/t15-,16+,17-,18-,20-/m0/s1. The molecule has 3 fully saturated rings. The first kappa shape index (κ1) is 14.5. The molecular weight excluding hydrogens is 272 g/mol. The third-order valence-corrected chi connectivity index (χ3v) is 7.37. The van der Waals surface area contributed by atoms with E-state index in [0.717, 1.165) is 36.2 Å². The molecule has 0 amide bonds. The Balaban J connectivity index is 1.63. The maximum atomic E-state index is 12.2. The van der Waals surface area contributed by atoms with Gasteiger partial charge in [0.2, 0.25) is 0 Å². The highest BCUT2D eigenvalue weighted by molar-refractivity contribution is 6.05. The molecule has 0 heterocycles. The van der Waals surface area contributed by atoms with Gasteiger partial charge in [0.05, 0.1) is 13.4 Å². The van der Waals surface area contributed by atoms with Gasteiger partial charge in [-0.15, -0.1) is 0 Å². The number of hydrogen-bond donors (Lipinski definition) is 0. The van der Waals surface area contributed by atoms with Crippen molar-refractivity contribution in [2.24, 2.45) is 29.1 Å². The third kappa shape index (κ3) is 2.10. The van der Waals surface area contributed by atoms with Gasteiger partial charge in [-0.25, -0.2) is 0 Å². The van der Waals surface area contributed by atoms with Crippen LogP contribution < -0.4 is 0 Å². The summed E-state index contributed by atoms with van der Waals surface area (Å²) < 4.78 is 5.14. The summed E-state index contributed by atoms with van der Waals surface area (Å²) in [4.78, 5) is 12.2. The maximum absolute atomic E-state index is 12.2. The van der Waals surface area contributed by atoms with Crippen LogP contribution in [0.25, 0.3) is 0 Å². The largest absolute Gasteiger partial charge is 0.504 e. The van der Waals surface area contributed by atoms with Crippen LogP contribution in [-0.2, 0) is 9.53 Å². The van der Waals surface area contributed by atoms with E-state index >= 15 is 0 Å². The van der Waals surface area contributed by atoms with Crippen molar-refractivity contribution in [3.8, 4) is 0 Å². The van der Waals surface area contributed by atoms with E-state index in [1.807, 2.05) is 6.08 Å². The minimum atomic E-state index is 0.188. The van der Waals surface area contributed by atoms with Crippen molar-refractivity contribution in [1.29, 1.82) is 0 Å². The summed E-state index contributed by atoms with van der Waals surface area (Å²) in [5, 5.41) is 0. The Labute approximate surface area is 134 Å². The van der Waals surface area contributed by atoms with Gasteiger partial charge < -0.3 is 4.74 Å². The van der Waals surface area contributed by atoms with E-state index in [4.69, 9.17) is 4.74 Å². The van der Waals surface area contributed by atoms with Crippen molar-refractivity contribution in [2.75, 3.05) is 7.11 Å². The highest BCUT2D eigenvalue weighted by atomic mass is 16.5. The van der Waals surface area contributed by atoms with Gasteiger partial charge in [0.1, 0.15) is 0 Å². The fourth-order valence-corrected chi connectivity index (χ4v) is 6.33. The van der Waals surface area contributed by atoms with E-state index < -0.39 is 0 Å². The van der Waals surface area contributed by atoms with Crippen LogP contribution in [0.2, 0.25) is 0 Å². The predicted molar refractivity (Wildman–Crippen MR) is 87.2 cm³/mol. The van der Waals surface area contributed by atoms with E-state index in [9.17, 15) is 4.79 Å². The van der Waals surface area contributed by atoms with Crippen molar-refractivity contribution in [2.45, 2.75) is 58.3 Å². The first-order valence-corrected chi connectivity index (χ1v) is 9.09. The molecule has 0 bridgehead atoms. The number of hydrogen-bond acceptors (Lipinski definition) is 2. The molecule has 4 rings (SSSR count). The van der Waals surface area contributed by atoms with Crippen LogP contribution in [0.4, 0.5) is 0 Å². The lowest BCUT2D eigenvalue weighted by atomic mass is 9.52. The van der Waals surface area contributed by atoms with E-state index in [1.54, 1.807) is 13.4 Å². The Hall–Kier alpha value is -1.05. The minimum absolute atomic E-state index is 0.188. The lowest BCUT2D eigenvalue weighted by Gasteiger charge is -2.52. The van der Waals surface area contributed by atoms with E-state index in [1.165, 1.54) is 44.1 Å². The molecule has 4 aliphatic rings. The molecule has 22 heavy (non-hydrogen) atoms. The number of methoxy groups -OCH3 is 1. The Morgan fingerprint density at radius 3 is 2.91 bits per heavy atom. The first-order chi connectivity index (χ1) is 10.6. The average Bonchev–Trinajstić information content (AvgIpc) is 2.90. The molecule has 0 N–H and O–H groups in total. The topological polar surface area (TPSA) is 26.3 Å². The van der Waals surface area contributed by atoms with Crippen LogP contribution >= 0.6 is 0 Å². The number of ketones is 1. The SMILES string of the molecule is COC=C1C[C@H]2C(=CC1=O)CC[C@@H]1[C@@H]2CC[C@]2(C)CCC[C@@H]12. The van der Waals surface area contributed by atoms with Crippen molar-refractivity contribution < 1.29 is 9.53 Å². The fraction of sp³-hybridized carbons (Fsp3) is 0.750. The van der Waals surface area contributed by atoms with Crippen LogP contribution in [0.15, 0.2) is 23.5 Å². The zero-order valence-electron chi connectivity index (χ0n) is 13.9. The summed E-state index contributed by atoms with van der Waals surface area (Å²) in [7, 11) is 1.65. The fourth-order valence-electron chi connectivity index (χ4n) is 6.33. The molecule has 5 atom stereocenters. The second-order valence-electron chi connectivity index (χ2n) is 8.33. The second-order valence-corrected chi connectivity index (χ2v) is 8.33. The van der Waals surface area contributed by atoms with Gasteiger partial charge in [0.15, 0.2) is 5.78 Å². The summed E-state index contributed by atoms with van der Waals surface area (Å²) in [6.07, 6.45) is 14.1. The number of carbonyl (C=O) groups excluding carboxylic acids is 1. The molecule has 4 aliphatic carbocycles. The molecule has 2 heteroatoms. The molecule has 0 spiro atoms. The smallest absolute Gasteiger partial charge is 0.184 e. The molecular formula is C20H28O2. The van der Waals surface area contributed by atoms with Gasteiger partial charge in [0.25, 0.3) is 0 Å². The quantitative estimate of drug-likeness (QED) is 0.520. The summed E-state index contributed by atoms with van der Waals surface area (Å²) in [6, 6.07) is 0. The number of rotatable bonds is 1. The van der Waals surface area contributed by atoms with Crippen LogP contribution in [0.3, 0.4) is 0 Å². The van der Waals surface area contributed by atoms with Crippen LogP contribution in [0.5, 0.6) is 0 Å². The lowest BCUT2D eigenvalue weighted by molar-refractivity contribution is -0.112. The van der Waals surface area contributed by atoms with Crippen LogP contribution in [0.1, 0.15) is 58.3 Å². The summed E-state index contributed by atoms with van der Waals surface area (Å²) in [5.74, 6) is 3.46. The molecule has 0 saturated heterocycles. The minimum Gasteiger partial charge on any atom is -0.504 e. The molecule has 0 aromatic heterocycles. The molecule has 120 valence electrons. The van der Waals surface area contributed by atoms with E-state index in [-0.39, 0.29) is 5.78 Å². The highest BCUT2D eigenvalue weighted by Crippen LogP contribution is 2.61. The van der Waals surface area contributed by atoms with Crippen LogP contribution in [-0.4, -0.2) is 12.9 Å². The van der Waals surface area contributed by atoms with Gasteiger partial charge in [0, 0.05) is 5.57 Å². The molecule has 0 unspecified atom stereocenters. The predicted octanol–water partition coefficient (Wildman–Crippen LogP) is 4.66. The second kappa shape index (κ2) is 5.25. The van der Waals surface area contributed by atoms with Crippen molar-refractivity contribution in [3.05, 3.63) is 23.5 Å². The van der Waals surface area contributed by atoms with Gasteiger partial charge in [-0.1, -0.05) is 18.9 Å². The van der Waals surface area contributed by atoms with Crippen molar-refractivity contribution in [1.82, 2.24) is 0 Å². The molecule has 0 aromatic carbocycles. The summed E-state index contributed by atoms with van der Waals surface area (Å²) in [5.41, 5.74) is 2.95. The number of fused-ring (bicyclic) bond motifs is 5. The molecule has 2 nitrogen and oxygen atoms in total. The number of carbonyl (C=O) groups is 1. The molecule has 0 aromatic rings. The number of allylic oxidation sites excluding steroid dienone is 2. The Bertz CT molecular complexity index is 544. The molecule has 3 saturated carbocycles. The Kier molecular flexibility index (Phi) is 3.47. The maximum Gasteiger partial charge on any atom is 0.184 e. The van der Waals surface area contributed by atoms with E-state index in [0.29, 0.717) is 11.3 Å². The third-order valence-electron chi connectivity index (χ3n) is 7.37.